The van der Waals surface area contributed by atoms with Crippen LogP contribution < -0.4 is 10.1 Å². The van der Waals surface area contributed by atoms with Gasteiger partial charge < -0.3 is 15.0 Å². The van der Waals surface area contributed by atoms with Crippen LogP contribution in [0.5, 0.6) is 5.75 Å². The van der Waals surface area contributed by atoms with Crippen LogP contribution in [0.1, 0.15) is 38.3 Å². The minimum absolute atomic E-state index is 0.00747. The van der Waals surface area contributed by atoms with Crippen molar-refractivity contribution in [2.45, 2.75) is 52.7 Å². The number of ether oxygens (including phenoxy) is 1. The van der Waals surface area contributed by atoms with E-state index in [1.165, 1.54) is 17.0 Å². The molecule has 6 heteroatoms. The Morgan fingerprint density at radius 2 is 1.86 bits per heavy atom. The Morgan fingerprint density at radius 1 is 1.14 bits per heavy atom. The lowest BCUT2D eigenvalue weighted by Crippen LogP contribution is -2.50. The van der Waals surface area contributed by atoms with Crippen molar-refractivity contribution in [3.05, 3.63) is 65.5 Å². The molecular formula is C23H29FN2O3. The average molecular weight is 400 g/mol. The molecule has 29 heavy (non-hydrogen) atoms. The minimum atomic E-state index is -0.693. The van der Waals surface area contributed by atoms with Crippen LogP contribution in [0.2, 0.25) is 0 Å². The highest BCUT2D eigenvalue weighted by Gasteiger charge is 2.27. The summed E-state index contributed by atoms with van der Waals surface area (Å²) in [6.07, 6.45) is 0.792. The van der Waals surface area contributed by atoms with E-state index in [-0.39, 0.29) is 36.8 Å². The van der Waals surface area contributed by atoms with Crippen LogP contribution in [0.25, 0.3) is 0 Å². The Morgan fingerprint density at radius 3 is 2.52 bits per heavy atom. The van der Waals surface area contributed by atoms with Gasteiger partial charge in [0.1, 0.15) is 6.04 Å². The molecule has 0 fully saturated rings. The standard InChI is InChI=1S/C23H29FN2O3/c1-5-17(3)25-23(28)18(4)26(14-19-10-8-9-16(2)13-19)22(27)15-29-21-12-7-6-11-20(21)24/h6-13,17-18H,5,14-15H2,1-4H3,(H,25,28)/t17-,18+/m1/s1. The number of nitrogens with one attached hydrogen (secondary N) is 1. The molecule has 0 aliphatic carbocycles. The van der Waals surface area contributed by atoms with Gasteiger partial charge in [0.25, 0.3) is 5.91 Å². The second kappa shape index (κ2) is 10.6. The van der Waals surface area contributed by atoms with Gasteiger partial charge in [0.2, 0.25) is 5.91 Å². The Kier molecular flexibility index (Phi) is 8.19. The van der Waals surface area contributed by atoms with Gasteiger partial charge in [0, 0.05) is 12.6 Å². The van der Waals surface area contributed by atoms with Crippen molar-refractivity contribution < 1.29 is 18.7 Å². The molecule has 0 aliphatic heterocycles. The number of para-hydroxylation sites is 1. The first-order chi connectivity index (χ1) is 13.8. The van der Waals surface area contributed by atoms with E-state index in [9.17, 15) is 14.0 Å². The number of hydrogen-bond donors (Lipinski definition) is 1. The number of amides is 2. The van der Waals surface area contributed by atoms with Crippen molar-refractivity contribution in [2.24, 2.45) is 0 Å². The third-order valence-electron chi connectivity index (χ3n) is 4.79. The number of halogens is 1. The van der Waals surface area contributed by atoms with E-state index in [2.05, 4.69) is 5.32 Å². The predicted molar refractivity (Wildman–Crippen MR) is 111 cm³/mol. The molecule has 156 valence electrons. The maximum Gasteiger partial charge on any atom is 0.261 e. The summed E-state index contributed by atoms with van der Waals surface area (Å²) in [5.41, 5.74) is 1.97. The van der Waals surface area contributed by atoms with Crippen molar-refractivity contribution >= 4 is 11.8 Å². The topological polar surface area (TPSA) is 58.6 Å². The maximum atomic E-state index is 13.8. The highest BCUT2D eigenvalue weighted by atomic mass is 19.1. The minimum Gasteiger partial charge on any atom is -0.481 e. The molecule has 0 radical (unpaired) electrons. The predicted octanol–water partition coefficient (Wildman–Crippen LogP) is 3.84. The molecule has 0 spiro atoms. The van der Waals surface area contributed by atoms with E-state index >= 15 is 0 Å². The third kappa shape index (κ3) is 6.59. The number of carbonyl (C=O) groups is 2. The number of nitrogens with zero attached hydrogens (tertiary/aromatic N) is 1. The van der Waals surface area contributed by atoms with Crippen LogP contribution in [0.3, 0.4) is 0 Å². The first-order valence-corrected chi connectivity index (χ1v) is 9.84. The van der Waals surface area contributed by atoms with E-state index in [1.54, 1.807) is 19.1 Å². The van der Waals surface area contributed by atoms with Gasteiger partial charge in [0.05, 0.1) is 0 Å². The average Bonchev–Trinajstić information content (AvgIpc) is 2.70. The molecule has 2 amide bonds. The lowest BCUT2D eigenvalue weighted by molar-refractivity contribution is -0.142. The molecule has 0 saturated carbocycles. The van der Waals surface area contributed by atoms with Gasteiger partial charge in [-0.15, -0.1) is 0 Å². The number of benzene rings is 2. The molecule has 0 heterocycles. The summed E-state index contributed by atoms with van der Waals surface area (Å²) in [4.78, 5) is 27.0. The van der Waals surface area contributed by atoms with Gasteiger partial charge in [-0.1, -0.05) is 48.9 Å². The fourth-order valence-electron chi connectivity index (χ4n) is 2.84. The van der Waals surface area contributed by atoms with Crippen LogP contribution in [0.15, 0.2) is 48.5 Å². The normalized spacial score (nSPS) is 12.7. The van der Waals surface area contributed by atoms with Gasteiger partial charge in [0.15, 0.2) is 18.2 Å². The van der Waals surface area contributed by atoms with Crippen LogP contribution in [-0.2, 0) is 16.1 Å². The third-order valence-corrected chi connectivity index (χ3v) is 4.79. The van der Waals surface area contributed by atoms with Crippen molar-refractivity contribution in [2.75, 3.05) is 6.61 Å². The molecule has 0 bridgehead atoms. The fraction of sp³-hybridized carbons (Fsp3) is 0.391. The molecule has 0 aliphatic rings. The number of carbonyl (C=O) groups excluding carboxylic acids is 2. The Labute approximate surface area is 171 Å². The van der Waals surface area contributed by atoms with E-state index in [1.807, 2.05) is 45.0 Å². The molecule has 0 unspecified atom stereocenters. The zero-order valence-corrected chi connectivity index (χ0v) is 17.4. The van der Waals surface area contributed by atoms with E-state index < -0.39 is 11.9 Å². The molecule has 2 aromatic rings. The molecule has 2 atom stereocenters. The summed E-state index contributed by atoms with van der Waals surface area (Å²) < 4.78 is 19.2. The first-order valence-electron chi connectivity index (χ1n) is 9.84. The lowest BCUT2D eigenvalue weighted by atomic mass is 10.1. The van der Waals surface area contributed by atoms with Gasteiger partial charge in [-0.3, -0.25) is 9.59 Å². The number of hydrogen-bond acceptors (Lipinski definition) is 3. The lowest BCUT2D eigenvalue weighted by Gasteiger charge is -2.29. The van der Waals surface area contributed by atoms with Crippen LogP contribution in [0.4, 0.5) is 4.39 Å². The highest BCUT2D eigenvalue weighted by molar-refractivity contribution is 5.88. The Balaban J connectivity index is 2.17. The molecule has 1 N–H and O–H groups in total. The molecule has 0 saturated heterocycles. The zero-order valence-electron chi connectivity index (χ0n) is 17.4. The summed E-state index contributed by atoms with van der Waals surface area (Å²) >= 11 is 0. The fourth-order valence-corrected chi connectivity index (χ4v) is 2.84. The molecule has 2 aromatic carbocycles. The van der Waals surface area contributed by atoms with Crippen molar-refractivity contribution in [3.8, 4) is 5.75 Å². The quantitative estimate of drug-likeness (QED) is 0.696. The maximum absolute atomic E-state index is 13.8. The van der Waals surface area contributed by atoms with E-state index in [0.29, 0.717) is 0 Å². The van der Waals surface area contributed by atoms with Crippen LogP contribution >= 0.6 is 0 Å². The number of aryl methyl sites for hydroxylation is 1. The van der Waals surface area contributed by atoms with Gasteiger partial charge in [-0.2, -0.15) is 0 Å². The summed E-state index contributed by atoms with van der Waals surface area (Å²) in [6, 6.07) is 13.0. The molecular weight excluding hydrogens is 371 g/mol. The van der Waals surface area contributed by atoms with Gasteiger partial charge >= 0.3 is 0 Å². The molecule has 5 nitrogen and oxygen atoms in total. The molecule has 2 rings (SSSR count). The zero-order chi connectivity index (χ0) is 21.4. The summed E-state index contributed by atoms with van der Waals surface area (Å²) in [6.45, 7) is 7.46. The van der Waals surface area contributed by atoms with E-state index in [4.69, 9.17) is 4.74 Å². The Hall–Kier alpha value is -2.89. The van der Waals surface area contributed by atoms with Gasteiger partial charge in [-0.25, -0.2) is 4.39 Å². The summed E-state index contributed by atoms with van der Waals surface area (Å²) in [5.74, 6) is -1.14. The van der Waals surface area contributed by atoms with E-state index in [0.717, 1.165) is 17.5 Å². The van der Waals surface area contributed by atoms with Crippen LogP contribution in [-0.4, -0.2) is 35.4 Å². The van der Waals surface area contributed by atoms with Crippen molar-refractivity contribution in [1.82, 2.24) is 10.2 Å². The van der Waals surface area contributed by atoms with Crippen molar-refractivity contribution in [1.29, 1.82) is 0 Å². The largest absolute Gasteiger partial charge is 0.481 e. The number of rotatable bonds is 9. The first kappa shape index (κ1) is 22.4. The highest BCUT2D eigenvalue weighted by Crippen LogP contribution is 2.17. The monoisotopic (exact) mass is 400 g/mol. The second-order valence-electron chi connectivity index (χ2n) is 7.22. The SMILES string of the molecule is CC[C@@H](C)NC(=O)[C@H](C)N(Cc1cccc(C)c1)C(=O)COc1ccccc1F. The summed E-state index contributed by atoms with van der Waals surface area (Å²) in [5, 5.41) is 2.91. The van der Waals surface area contributed by atoms with Crippen LogP contribution in [0, 0.1) is 12.7 Å². The Bertz CT molecular complexity index is 840. The van der Waals surface area contributed by atoms with Gasteiger partial charge in [-0.05, 0) is 44.9 Å². The second-order valence-corrected chi connectivity index (χ2v) is 7.22. The van der Waals surface area contributed by atoms with Crippen molar-refractivity contribution in [3.63, 3.8) is 0 Å². The smallest absolute Gasteiger partial charge is 0.261 e. The molecule has 0 aromatic heterocycles. The summed E-state index contributed by atoms with van der Waals surface area (Å²) in [7, 11) is 0.